The maximum absolute atomic E-state index is 6.44. The highest BCUT2D eigenvalue weighted by Gasteiger charge is 2.39. The first-order chi connectivity index (χ1) is 55.0. The minimum Gasteiger partial charge on any atom is -0.453 e. The molecule has 111 heavy (non-hydrogen) atoms. The van der Waals surface area contributed by atoms with Crippen LogP contribution < -0.4 is 43.1 Å². The highest BCUT2D eigenvalue weighted by atomic mass is 16.5. The van der Waals surface area contributed by atoms with Crippen LogP contribution in [0.4, 0.5) is 51.2 Å². The molecule has 0 aliphatic carbocycles. The van der Waals surface area contributed by atoms with E-state index in [2.05, 4.69) is 288 Å². The molecule has 0 aromatic heterocycles. The summed E-state index contributed by atoms with van der Waals surface area (Å²) in [5, 5.41) is 0. The molecular weight excluding hydrogens is 1360 g/mol. The summed E-state index contributed by atoms with van der Waals surface area (Å²) in [5.41, 5.74) is 27.4. The van der Waals surface area contributed by atoms with Gasteiger partial charge in [0.25, 0.3) is 0 Å². The molecule has 0 atom stereocenters. The zero-order chi connectivity index (χ0) is 73.3. The summed E-state index contributed by atoms with van der Waals surface area (Å²) in [5.74, 6) is 9.74. The van der Waals surface area contributed by atoms with Gasteiger partial charge >= 0.3 is 0 Å². The average molecular weight is 1430 g/mol. The van der Waals surface area contributed by atoms with Gasteiger partial charge in [0, 0.05) is 0 Å². The zero-order valence-electron chi connectivity index (χ0n) is 59.8. The monoisotopic (exact) mass is 1430 g/mol. The lowest BCUT2D eigenvalue weighted by molar-refractivity contribution is 0.446. The van der Waals surface area contributed by atoms with Crippen LogP contribution in [-0.2, 0) is 0 Å². The smallest absolute Gasteiger partial charge is 0.156 e. The Morgan fingerprint density at radius 3 is 0.604 bits per heavy atom. The molecule has 9 nitrogen and oxygen atoms in total. The Kier molecular flexibility index (Phi) is 15.7. The van der Waals surface area contributed by atoms with Crippen LogP contribution in [-0.4, -0.2) is 0 Å². The average Bonchev–Trinajstić information content (AvgIpc) is 0.735. The molecule has 0 N–H and O–H groups in total. The van der Waals surface area contributed by atoms with Crippen molar-refractivity contribution >= 4 is 51.2 Å². The topological polar surface area (TPSA) is 65.1 Å². The molecule has 0 spiro atoms. The lowest BCUT2D eigenvalue weighted by Gasteiger charge is -2.38. The number of hydrogen-bond donors (Lipinski definition) is 0. The first kappa shape index (κ1) is 64.3. The molecule has 0 saturated carbocycles. The van der Waals surface area contributed by atoms with Crippen molar-refractivity contribution in [3.05, 3.63) is 394 Å². The summed E-state index contributed by atoms with van der Waals surface area (Å²) in [4.78, 5) is 6.73. The van der Waals surface area contributed by atoms with Crippen LogP contribution in [0, 0.1) is 0 Å². The predicted octanol–water partition coefficient (Wildman–Crippen LogP) is 29.4. The molecule has 6 aliphatic heterocycles. The Morgan fingerprint density at radius 1 is 0.126 bits per heavy atom. The van der Waals surface area contributed by atoms with Crippen LogP contribution in [0.1, 0.15) is 0 Å². The van der Waals surface area contributed by atoms with Gasteiger partial charge in [-0.05, 0) is 204 Å². The molecule has 0 unspecified atom stereocenters. The fraction of sp³-hybridized carbons (Fsp3) is 0. The molecule has 0 radical (unpaired) electrons. The van der Waals surface area contributed by atoms with Gasteiger partial charge in [-0.25, -0.2) is 0 Å². The first-order valence-corrected chi connectivity index (χ1v) is 37.2. The first-order valence-electron chi connectivity index (χ1n) is 37.2. The van der Waals surface area contributed by atoms with Crippen LogP contribution >= 0.6 is 0 Å². The second-order valence-electron chi connectivity index (χ2n) is 27.8. The molecule has 17 aromatic rings. The van der Waals surface area contributed by atoms with Crippen LogP contribution in [0.5, 0.6) is 69.0 Å². The van der Waals surface area contributed by atoms with Crippen molar-refractivity contribution in [3.8, 4) is 158 Å². The van der Waals surface area contributed by atoms with Crippen LogP contribution in [0.2, 0.25) is 0 Å². The van der Waals surface area contributed by atoms with Crippen molar-refractivity contribution in [2.24, 2.45) is 0 Å². The van der Waals surface area contributed by atoms with Gasteiger partial charge in [0.1, 0.15) is 17.1 Å². The number of nitrogens with zero attached hydrogens (tertiary/aromatic N) is 3. The van der Waals surface area contributed by atoms with Crippen molar-refractivity contribution in [1.82, 2.24) is 0 Å². The van der Waals surface area contributed by atoms with Gasteiger partial charge in [-0.1, -0.05) is 279 Å². The third-order valence-electron chi connectivity index (χ3n) is 21.1. The van der Waals surface area contributed by atoms with E-state index in [-0.39, 0.29) is 0 Å². The van der Waals surface area contributed by atoms with Gasteiger partial charge in [0.15, 0.2) is 69.0 Å². The molecule has 524 valence electrons. The molecule has 23 rings (SSSR count). The Morgan fingerprint density at radius 2 is 0.315 bits per heavy atom. The van der Waals surface area contributed by atoms with Crippen LogP contribution in [0.3, 0.4) is 0 Å². The number of para-hydroxylation sites is 12. The van der Waals surface area contributed by atoms with E-state index in [9.17, 15) is 0 Å². The molecule has 9 heteroatoms. The van der Waals surface area contributed by atoms with E-state index < -0.39 is 0 Å². The van der Waals surface area contributed by atoms with Crippen LogP contribution in [0.25, 0.3) is 89.0 Å². The summed E-state index contributed by atoms with van der Waals surface area (Å²) >= 11 is 0. The number of benzene rings is 17. The molecule has 6 aliphatic rings. The maximum Gasteiger partial charge on any atom is 0.156 e. The van der Waals surface area contributed by atoms with E-state index in [0.717, 1.165) is 154 Å². The van der Waals surface area contributed by atoms with Gasteiger partial charge < -0.3 is 28.4 Å². The molecule has 6 heterocycles. The van der Waals surface area contributed by atoms with Crippen LogP contribution in [0.15, 0.2) is 394 Å². The largest absolute Gasteiger partial charge is 0.453 e. The lowest BCUT2D eigenvalue weighted by atomic mass is 9.93. The van der Waals surface area contributed by atoms with E-state index in [1.165, 1.54) is 55.6 Å². The lowest BCUT2D eigenvalue weighted by Crippen LogP contribution is -2.20. The molecule has 0 fully saturated rings. The van der Waals surface area contributed by atoms with E-state index >= 15 is 0 Å². The second-order valence-corrected chi connectivity index (χ2v) is 27.8. The molecule has 17 aromatic carbocycles. The minimum absolute atomic E-state index is 0.786. The molecule has 0 amide bonds. The summed E-state index contributed by atoms with van der Waals surface area (Å²) in [6.45, 7) is 0. The summed E-state index contributed by atoms with van der Waals surface area (Å²) in [6.07, 6.45) is 0. The highest BCUT2D eigenvalue weighted by Crippen LogP contribution is 2.64. The Labute approximate surface area is 642 Å². The number of anilines is 9. The molecule has 0 bridgehead atoms. The third kappa shape index (κ3) is 11.6. The number of ether oxygens (including phenoxy) is 6. The fourth-order valence-electron chi connectivity index (χ4n) is 15.9. The normalized spacial score (nSPS) is 12.5. The van der Waals surface area contributed by atoms with E-state index in [1.54, 1.807) is 0 Å². The van der Waals surface area contributed by atoms with Gasteiger partial charge in [-0.3, -0.25) is 14.7 Å². The second kappa shape index (κ2) is 27.1. The zero-order valence-corrected chi connectivity index (χ0v) is 59.8. The number of hydrogen-bond acceptors (Lipinski definition) is 9. The van der Waals surface area contributed by atoms with Gasteiger partial charge in [0.05, 0.1) is 34.1 Å². The summed E-state index contributed by atoms with van der Waals surface area (Å²) in [6, 6.07) is 136. The highest BCUT2D eigenvalue weighted by molar-refractivity contribution is 5.99. The number of rotatable bonds is 8. The third-order valence-corrected chi connectivity index (χ3v) is 21.1. The standard InChI is InChI=1S/2C36H23NO2.C30H19NO2/c1-2-9-24(10-3-1)27-11-8-12-28(21-27)25-17-19-26(20-18-25)29-22-34-36-35(23-29)39-33-16-7-5-14-31(33)37(36)30-13-4-6-15-32(30)38-34;1-2-10-25(11-3-1)28-12-4-5-13-29(28)26-20-18-24(19-21-26)27-22-34-36-35(23-27)39-33-17-9-7-15-31(33)37(36)30-14-6-8-16-32(30)38-34;1-2-8-20(9-3-1)21-14-16-22(17-15-21)23-18-28-30-29(19-23)33-27-13-7-5-11-25(27)31(30)24-10-4-6-12-26(24)32-28/h2*1-23H;1-19H. The van der Waals surface area contributed by atoms with Crippen molar-refractivity contribution in [3.63, 3.8) is 0 Å². The summed E-state index contributed by atoms with van der Waals surface area (Å²) < 4.78 is 38.5. The quantitative estimate of drug-likeness (QED) is 0.148. The van der Waals surface area contributed by atoms with Gasteiger partial charge in [-0.2, -0.15) is 0 Å². The minimum atomic E-state index is 0.786. The van der Waals surface area contributed by atoms with Gasteiger partial charge in [-0.15, -0.1) is 0 Å². The Balaban J connectivity index is 0.000000106. The van der Waals surface area contributed by atoms with E-state index in [1.807, 2.05) is 121 Å². The maximum atomic E-state index is 6.44. The molecular formula is C102H65N3O6. The van der Waals surface area contributed by atoms with Crippen molar-refractivity contribution in [2.45, 2.75) is 0 Å². The fourth-order valence-corrected chi connectivity index (χ4v) is 15.9. The number of fused-ring (bicyclic) bond motifs is 12. The summed E-state index contributed by atoms with van der Waals surface area (Å²) in [7, 11) is 0. The Bertz CT molecular complexity index is 6260. The van der Waals surface area contributed by atoms with Crippen molar-refractivity contribution in [2.75, 3.05) is 14.7 Å². The van der Waals surface area contributed by atoms with Crippen molar-refractivity contribution in [1.29, 1.82) is 0 Å². The SMILES string of the molecule is c1ccc(-c2ccc(-c3cc4c5c(c3)Oc3ccccc3N5c3ccccc3O4)cc2)cc1.c1ccc(-c2cccc(-c3ccc(-c4cc5c6c(c4)Oc4ccccc4N6c4ccccc4O5)cc3)c2)cc1.c1ccc(-c2ccccc2-c2ccc(-c3cc4c5c(c3)Oc3ccccc3N5c3ccccc3O4)cc2)cc1. The van der Waals surface area contributed by atoms with E-state index in [4.69, 9.17) is 28.4 Å². The van der Waals surface area contributed by atoms with Gasteiger partial charge in [0.2, 0.25) is 0 Å². The Hall–Kier alpha value is -15.1. The predicted molar refractivity (Wildman–Crippen MR) is 447 cm³/mol. The van der Waals surface area contributed by atoms with Crippen molar-refractivity contribution < 1.29 is 28.4 Å². The molecule has 0 saturated heterocycles. The van der Waals surface area contributed by atoms with E-state index in [0.29, 0.717) is 0 Å².